The van der Waals surface area contributed by atoms with Crippen molar-refractivity contribution in [1.29, 1.82) is 0 Å². The molecule has 1 rings (SSSR count). The summed E-state index contributed by atoms with van der Waals surface area (Å²) < 4.78 is 0. The summed E-state index contributed by atoms with van der Waals surface area (Å²) in [6.45, 7) is 11.7. The van der Waals surface area contributed by atoms with Crippen molar-refractivity contribution in [3.63, 3.8) is 0 Å². The summed E-state index contributed by atoms with van der Waals surface area (Å²) in [5.74, 6) is 0.283. The Morgan fingerprint density at radius 2 is 1.67 bits per heavy atom. The quantitative estimate of drug-likeness (QED) is 0.754. The van der Waals surface area contributed by atoms with Gasteiger partial charge in [0.25, 0.3) is 0 Å². The fourth-order valence-corrected chi connectivity index (χ4v) is 2.31. The molecule has 0 aromatic rings. The Hall–Kier alpha value is -0.610. The van der Waals surface area contributed by atoms with Crippen LogP contribution in [0.1, 0.15) is 40.0 Å². The SMILES string of the molecule is CC(C)(C)C(=O)N1CCN(CCCCCN)CC1. The van der Waals surface area contributed by atoms with Crippen LogP contribution in [0.5, 0.6) is 0 Å². The first kappa shape index (κ1) is 15.4. The maximum Gasteiger partial charge on any atom is 0.228 e. The molecule has 4 nitrogen and oxygen atoms in total. The standard InChI is InChI=1S/C14H29N3O/c1-14(2,3)13(18)17-11-9-16(10-12-17)8-6-4-5-7-15/h4-12,15H2,1-3H3. The lowest BCUT2D eigenvalue weighted by atomic mass is 9.94. The van der Waals surface area contributed by atoms with E-state index in [1.165, 1.54) is 12.8 Å². The summed E-state index contributed by atoms with van der Waals surface area (Å²) in [6.07, 6.45) is 3.57. The number of carbonyl (C=O) groups is 1. The first-order chi connectivity index (χ1) is 8.45. The Labute approximate surface area is 111 Å². The van der Waals surface area contributed by atoms with Crippen LogP contribution in [0.3, 0.4) is 0 Å². The molecule has 0 spiro atoms. The molecule has 1 amide bonds. The van der Waals surface area contributed by atoms with E-state index in [4.69, 9.17) is 5.73 Å². The summed E-state index contributed by atoms with van der Waals surface area (Å²) in [4.78, 5) is 16.6. The molecule has 2 N–H and O–H groups in total. The number of hydrogen-bond acceptors (Lipinski definition) is 3. The third kappa shape index (κ3) is 4.94. The second-order valence-electron chi connectivity index (χ2n) is 6.23. The van der Waals surface area contributed by atoms with Gasteiger partial charge in [0.05, 0.1) is 0 Å². The second-order valence-corrected chi connectivity index (χ2v) is 6.23. The lowest BCUT2D eigenvalue weighted by Gasteiger charge is -2.37. The van der Waals surface area contributed by atoms with Crippen LogP contribution in [0.25, 0.3) is 0 Å². The molecule has 0 aromatic carbocycles. The van der Waals surface area contributed by atoms with E-state index in [1.54, 1.807) is 0 Å². The average molecular weight is 255 g/mol. The number of carbonyl (C=O) groups excluding carboxylic acids is 1. The number of nitrogens with two attached hydrogens (primary N) is 1. The van der Waals surface area contributed by atoms with Crippen LogP contribution in [0.15, 0.2) is 0 Å². The monoisotopic (exact) mass is 255 g/mol. The van der Waals surface area contributed by atoms with E-state index in [0.29, 0.717) is 0 Å². The normalized spacial score (nSPS) is 18.1. The molecule has 0 radical (unpaired) electrons. The van der Waals surface area contributed by atoms with Gasteiger partial charge in [-0.05, 0) is 25.9 Å². The Bertz CT molecular complexity index is 252. The van der Waals surface area contributed by atoms with Crippen LogP contribution >= 0.6 is 0 Å². The number of rotatable bonds is 5. The Morgan fingerprint density at radius 3 is 2.17 bits per heavy atom. The number of nitrogens with zero attached hydrogens (tertiary/aromatic N) is 2. The van der Waals surface area contributed by atoms with E-state index in [-0.39, 0.29) is 11.3 Å². The lowest BCUT2D eigenvalue weighted by Crippen LogP contribution is -2.51. The summed E-state index contributed by atoms with van der Waals surface area (Å²) in [6, 6.07) is 0. The molecular formula is C14H29N3O. The molecule has 0 atom stereocenters. The number of piperazine rings is 1. The summed E-state index contributed by atoms with van der Waals surface area (Å²) in [7, 11) is 0. The maximum absolute atomic E-state index is 12.1. The molecule has 0 saturated carbocycles. The van der Waals surface area contributed by atoms with E-state index >= 15 is 0 Å². The van der Waals surface area contributed by atoms with Crippen molar-refractivity contribution in [3.8, 4) is 0 Å². The minimum Gasteiger partial charge on any atom is -0.340 e. The zero-order chi connectivity index (χ0) is 13.6. The predicted octanol–water partition coefficient (Wildman–Crippen LogP) is 1.31. The average Bonchev–Trinajstić information content (AvgIpc) is 2.33. The van der Waals surface area contributed by atoms with Crippen molar-refractivity contribution in [2.24, 2.45) is 11.1 Å². The van der Waals surface area contributed by atoms with Crippen molar-refractivity contribution in [2.75, 3.05) is 39.3 Å². The van der Waals surface area contributed by atoms with Crippen LogP contribution in [0.2, 0.25) is 0 Å². The van der Waals surface area contributed by atoms with Gasteiger partial charge in [-0.15, -0.1) is 0 Å². The zero-order valence-electron chi connectivity index (χ0n) is 12.2. The van der Waals surface area contributed by atoms with Gasteiger partial charge < -0.3 is 10.6 Å². The first-order valence-corrected chi connectivity index (χ1v) is 7.17. The molecule has 0 aliphatic carbocycles. The van der Waals surface area contributed by atoms with Crippen molar-refractivity contribution in [1.82, 2.24) is 9.80 Å². The van der Waals surface area contributed by atoms with Crippen molar-refractivity contribution in [3.05, 3.63) is 0 Å². The van der Waals surface area contributed by atoms with E-state index in [1.807, 2.05) is 25.7 Å². The van der Waals surface area contributed by atoms with Crippen LogP contribution in [-0.4, -0.2) is 55.0 Å². The minimum atomic E-state index is -0.247. The fraction of sp³-hybridized carbons (Fsp3) is 0.929. The highest BCUT2D eigenvalue weighted by molar-refractivity contribution is 5.81. The summed E-state index contributed by atoms with van der Waals surface area (Å²) in [5.41, 5.74) is 5.24. The van der Waals surface area contributed by atoms with Gasteiger partial charge >= 0.3 is 0 Å². The van der Waals surface area contributed by atoms with Crippen molar-refractivity contribution in [2.45, 2.75) is 40.0 Å². The van der Waals surface area contributed by atoms with Crippen LogP contribution < -0.4 is 5.73 Å². The molecule has 1 heterocycles. The van der Waals surface area contributed by atoms with Gasteiger partial charge in [-0.3, -0.25) is 9.69 Å². The van der Waals surface area contributed by atoms with Gasteiger partial charge in [-0.2, -0.15) is 0 Å². The molecule has 0 bridgehead atoms. The number of unbranched alkanes of at least 4 members (excludes halogenated alkanes) is 2. The molecule has 0 aromatic heterocycles. The first-order valence-electron chi connectivity index (χ1n) is 7.17. The van der Waals surface area contributed by atoms with Gasteiger partial charge in [0.15, 0.2) is 0 Å². The maximum atomic E-state index is 12.1. The molecule has 1 aliphatic heterocycles. The smallest absolute Gasteiger partial charge is 0.228 e. The zero-order valence-corrected chi connectivity index (χ0v) is 12.2. The molecule has 4 heteroatoms. The minimum absolute atomic E-state index is 0.247. The molecule has 1 fully saturated rings. The van der Waals surface area contributed by atoms with Gasteiger partial charge in [-0.25, -0.2) is 0 Å². The Balaban J connectivity index is 2.22. The lowest BCUT2D eigenvalue weighted by molar-refractivity contribution is -0.141. The topological polar surface area (TPSA) is 49.6 Å². The predicted molar refractivity (Wildman–Crippen MR) is 75.4 cm³/mol. The second kappa shape index (κ2) is 7.10. The third-order valence-corrected chi connectivity index (χ3v) is 3.48. The number of amides is 1. The van der Waals surface area contributed by atoms with Gasteiger partial charge in [0, 0.05) is 31.6 Å². The highest BCUT2D eigenvalue weighted by atomic mass is 16.2. The summed E-state index contributed by atoms with van der Waals surface area (Å²) in [5, 5.41) is 0. The number of hydrogen-bond donors (Lipinski definition) is 1. The van der Waals surface area contributed by atoms with Gasteiger partial charge in [-0.1, -0.05) is 27.2 Å². The Morgan fingerprint density at radius 1 is 1.06 bits per heavy atom. The largest absolute Gasteiger partial charge is 0.340 e. The van der Waals surface area contributed by atoms with Crippen molar-refractivity contribution < 1.29 is 4.79 Å². The third-order valence-electron chi connectivity index (χ3n) is 3.48. The summed E-state index contributed by atoms with van der Waals surface area (Å²) >= 11 is 0. The molecule has 18 heavy (non-hydrogen) atoms. The van der Waals surface area contributed by atoms with Gasteiger partial charge in [0.2, 0.25) is 5.91 Å². The molecular weight excluding hydrogens is 226 g/mol. The van der Waals surface area contributed by atoms with E-state index in [0.717, 1.165) is 45.7 Å². The molecule has 1 aliphatic rings. The van der Waals surface area contributed by atoms with E-state index < -0.39 is 0 Å². The van der Waals surface area contributed by atoms with Crippen LogP contribution in [0, 0.1) is 5.41 Å². The van der Waals surface area contributed by atoms with Crippen LogP contribution in [-0.2, 0) is 4.79 Å². The van der Waals surface area contributed by atoms with Crippen LogP contribution in [0.4, 0.5) is 0 Å². The van der Waals surface area contributed by atoms with Crippen molar-refractivity contribution >= 4 is 5.91 Å². The van der Waals surface area contributed by atoms with E-state index in [9.17, 15) is 4.79 Å². The molecule has 106 valence electrons. The highest BCUT2D eigenvalue weighted by Crippen LogP contribution is 2.18. The fourth-order valence-electron chi connectivity index (χ4n) is 2.31. The molecule has 0 unspecified atom stereocenters. The Kier molecular flexibility index (Phi) is 6.09. The van der Waals surface area contributed by atoms with Gasteiger partial charge in [0.1, 0.15) is 0 Å². The molecule has 1 saturated heterocycles. The highest BCUT2D eigenvalue weighted by Gasteiger charge is 2.29. The van der Waals surface area contributed by atoms with E-state index in [2.05, 4.69) is 4.90 Å².